The van der Waals surface area contributed by atoms with Crippen LogP contribution >= 0.6 is 12.2 Å². The Morgan fingerprint density at radius 1 is 1.21 bits per heavy atom. The van der Waals surface area contributed by atoms with E-state index in [1.165, 1.54) is 0 Å². The third kappa shape index (κ3) is 3.74. The van der Waals surface area contributed by atoms with Crippen LogP contribution in [-0.2, 0) is 4.74 Å². The highest BCUT2D eigenvalue weighted by Crippen LogP contribution is 2.19. The van der Waals surface area contributed by atoms with Gasteiger partial charge in [0.15, 0.2) is 11.4 Å². The zero-order chi connectivity index (χ0) is 14.6. The minimum absolute atomic E-state index is 0.374. The van der Waals surface area contributed by atoms with E-state index in [2.05, 4.69) is 5.32 Å². The molecular formula is C11H22N2O5S. The van der Waals surface area contributed by atoms with Gasteiger partial charge < -0.3 is 35.4 Å². The third-order valence-electron chi connectivity index (χ3n) is 3.24. The zero-order valence-electron chi connectivity index (χ0n) is 11.1. The second-order valence-electron chi connectivity index (χ2n) is 4.38. The van der Waals surface area contributed by atoms with Crippen molar-refractivity contribution in [3.8, 4) is 0 Å². The predicted molar refractivity (Wildman–Crippen MR) is 72.4 cm³/mol. The Labute approximate surface area is 117 Å². The van der Waals surface area contributed by atoms with E-state index in [0.717, 1.165) is 0 Å². The molecule has 0 aromatic carbocycles. The number of aliphatic hydroxyl groups is 4. The molecule has 0 bridgehead atoms. The number of ether oxygens (including phenoxy) is 1. The summed E-state index contributed by atoms with van der Waals surface area (Å²) in [6, 6.07) is -0.894. The first-order valence-electron chi connectivity index (χ1n) is 6.32. The monoisotopic (exact) mass is 294 g/mol. The number of aliphatic hydroxyl groups excluding tert-OH is 4. The van der Waals surface area contributed by atoms with Crippen molar-refractivity contribution in [1.29, 1.82) is 0 Å². The molecule has 1 aliphatic heterocycles. The van der Waals surface area contributed by atoms with Crippen molar-refractivity contribution >= 4 is 17.3 Å². The van der Waals surface area contributed by atoms with E-state index in [1.54, 1.807) is 0 Å². The van der Waals surface area contributed by atoms with Gasteiger partial charge in [-0.15, -0.1) is 0 Å². The lowest BCUT2D eigenvalue weighted by Gasteiger charge is -2.41. The van der Waals surface area contributed by atoms with Gasteiger partial charge >= 0.3 is 0 Å². The lowest BCUT2D eigenvalue weighted by atomic mass is 9.96. The summed E-state index contributed by atoms with van der Waals surface area (Å²) in [5.74, 6) is 0. The Morgan fingerprint density at radius 3 is 2.26 bits per heavy atom. The van der Waals surface area contributed by atoms with E-state index in [4.69, 9.17) is 22.1 Å². The summed E-state index contributed by atoms with van der Waals surface area (Å²) < 4.78 is 4.89. The van der Waals surface area contributed by atoms with Gasteiger partial charge in [0.25, 0.3) is 0 Å². The minimum Gasteiger partial charge on any atom is -0.394 e. The molecule has 7 nitrogen and oxygen atoms in total. The molecular weight excluding hydrogens is 272 g/mol. The van der Waals surface area contributed by atoms with Gasteiger partial charge in [-0.1, -0.05) is 0 Å². The van der Waals surface area contributed by atoms with Gasteiger partial charge in [0.05, 0.1) is 12.6 Å². The van der Waals surface area contributed by atoms with E-state index in [9.17, 15) is 15.3 Å². The van der Waals surface area contributed by atoms with Crippen LogP contribution in [0.1, 0.15) is 13.8 Å². The molecule has 8 heteroatoms. The molecule has 1 fully saturated rings. The third-order valence-corrected chi connectivity index (χ3v) is 3.62. The highest BCUT2D eigenvalue weighted by molar-refractivity contribution is 7.80. The summed E-state index contributed by atoms with van der Waals surface area (Å²) in [4.78, 5) is 1.84. The Kier molecular flexibility index (Phi) is 6.37. The predicted octanol–water partition coefficient (Wildman–Crippen LogP) is -2.00. The average Bonchev–Trinajstić information content (AvgIpc) is 2.40. The number of nitrogens with one attached hydrogen (secondary N) is 1. The summed E-state index contributed by atoms with van der Waals surface area (Å²) in [5, 5.41) is 41.6. The van der Waals surface area contributed by atoms with Gasteiger partial charge in [-0.3, -0.25) is 0 Å². The highest BCUT2D eigenvalue weighted by Gasteiger charge is 2.44. The number of hydrogen-bond acceptors (Lipinski definition) is 6. The molecule has 0 aromatic heterocycles. The van der Waals surface area contributed by atoms with Crippen molar-refractivity contribution in [3.05, 3.63) is 0 Å². The molecule has 0 saturated carbocycles. The maximum atomic E-state index is 10.00. The molecule has 0 amide bonds. The van der Waals surface area contributed by atoms with E-state index in [1.807, 2.05) is 18.7 Å². The smallest absolute Gasteiger partial charge is 0.183 e. The summed E-state index contributed by atoms with van der Waals surface area (Å²) in [6.07, 6.45) is -4.93. The molecule has 1 heterocycles. The van der Waals surface area contributed by atoms with Crippen molar-refractivity contribution in [1.82, 2.24) is 10.2 Å². The van der Waals surface area contributed by atoms with Crippen molar-refractivity contribution in [2.45, 2.75) is 44.5 Å². The lowest BCUT2D eigenvalue weighted by molar-refractivity contribution is -0.260. The fourth-order valence-electron chi connectivity index (χ4n) is 2.02. The highest BCUT2D eigenvalue weighted by atomic mass is 32.1. The van der Waals surface area contributed by atoms with E-state index in [-0.39, 0.29) is 0 Å². The van der Waals surface area contributed by atoms with Gasteiger partial charge in [-0.2, -0.15) is 0 Å². The first-order valence-corrected chi connectivity index (χ1v) is 6.73. The minimum atomic E-state index is -1.47. The lowest BCUT2D eigenvalue weighted by Crippen LogP contribution is -2.65. The summed E-state index contributed by atoms with van der Waals surface area (Å²) in [5.41, 5.74) is 0. The van der Waals surface area contributed by atoms with Crippen molar-refractivity contribution in [2.75, 3.05) is 19.7 Å². The van der Waals surface area contributed by atoms with Crippen LogP contribution in [0.2, 0.25) is 0 Å². The number of thiocarbonyl (C=S) groups is 1. The summed E-state index contributed by atoms with van der Waals surface area (Å²) >= 11 is 5.18. The van der Waals surface area contributed by atoms with E-state index < -0.39 is 37.3 Å². The standard InChI is InChI=1S/C11H22N2O5S/c1-3-13(4-2)11(19)12-7-8(15)6(5-14)18-10(17)9(7)16/h6-10,14-17H,3-5H2,1-2H3,(H,12,19)/t6-,7+,8-,9-,10+/m1/s1. The van der Waals surface area contributed by atoms with Crippen molar-refractivity contribution in [3.63, 3.8) is 0 Å². The molecule has 1 aliphatic rings. The molecule has 0 radical (unpaired) electrons. The molecule has 5 atom stereocenters. The number of hydrogen-bond donors (Lipinski definition) is 5. The van der Waals surface area contributed by atoms with Gasteiger partial charge in [0, 0.05) is 13.1 Å². The second kappa shape index (κ2) is 7.32. The Morgan fingerprint density at radius 2 is 1.79 bits per heavy atom. The maximum absolute atomic E-state index is 10.00. The summed E-state index contributed by atoms with van der Waals surface area (Å²) in [7, 11) is 0. The van der Waals surface area contributed by atoms with Crippen LogP contribution in [0, 0.1) is 0 Å². The second-order valence-corrected chi connectivity index (χ2v) is 4.76. The number of rotatable bonds is 4. The van der Waals surface area contributed by atoms with Crippen LogP contribution in [0.3, 0.4) is 0 Å². The molecule has 0 unspecified atom stereocenters. The SMILES string of the molecule is CCN(CC)C(=S)N[C@@H]1[C@@H](O)[C@@H](O)O[C@H](CO)[C@H]1O. The molecule has 0 aliphatic carbocycles. The normalized spacial score (nSPS) is 34.9. The van der Waals surface area contributed by atoms with Crippen LogP contribution in [0.25, 0.3) is 0 Å². The van der Waals surface area contributed by atoms with Gasteiger partial charge in [-0.25, -0.2) is 0 Å². The van der Waals surface area contributed by atoms with Crippen LogP contribution in [-0.4, -0.2) is 80.8 Å². The van der Waals surface area contributed by atoms with E-state index >= 15 is 0 Å². The largest absolute Gasteiger partial charge is 0.394 e. The molecule has 1 rings (SSSR count). The molecule has 0 aromatic rings. The quantitative estimate of drug-likeness (QED) is 0.379. The molecule has 0 spiro atoms. The topological polar surface area (TPSA) is 105 Å². The van der Waals surface area contributed by atoms with Crippen LogP contribution in [0.5, 0.6) is 0 Å². The van der Waals surface area contributed by atoms with Gasteiger partial charge in [0.1, 0.15) is 18.3 Å². The van der Waals surface area contributed by atoms with Crippen molar-refractivity contribution in [2.24, 2.45) is 0 Å². The zero-order valence-corrected chi connectivity index (χ0v) is 11.9. The van der Waals surface area contributed by atoms with Crippen LogP contribution in [0.15, 0.2) is 0 Å². The van der Waals surface area contributed by atoms with E-state index in [0.29, 0.717) is 18.2 Å². The Balaban J connectivity index is 2.75. The molecule has 1 saturated heterocycles. The van der Waals surface area contributed by atoms with Gasteiger partial charge in [0.2, 0.25) is 0 Å². The fraction of sp³-hybridized carbons (Fsp3) is 0.909. The van der Waals surface area contributed by atoms with Crippen LogP contribution in [0.4, 0.5) is 0 Å². The maximum Gasteiger partial charge on any atom is 0.183 e. The first-order chi connectivity index (χ1) is 8.96. The summed E-state index contributed by atoms with van der Waals surface area (Å²) in [6.45, 7) is 4.77. The number of nitrogens with zero attached hydrogens (tertiary/aromatic N) is 1. The molecule has 112 valence electrons. The van der Waals surface area contributed by atoms with Gasteiger partial charge in [-0.05, 0) is 26.1 Å². The van der Waals surface area contributed by atoms with Crippen LogP contribution < -0.4 is 5.32 Å². The molecule has 5 N–H and O–H groups in total. The Hall–Kier alpha value is -0.510. The van der Waals surface area contributed by atoms with Crippen molar-refractivity contribution < 1.29 is 25.2 Å². The fourth-order valence-corrected chi connectivity index (χ4v) is 2.41. The first kappa shape index (κ1) is 16.5. The Bertz CT molecular complexity index is 303. The molecule has 19 heavy (non-hydrogen) atoms. The average molecular weight is 294 g/mol.